The van der Waals surface area contributed by atoms with Crippen molar-refractivity contribution in [2.45, 2.75) is 6.42 Å². The first-order valence-electron chi connectivity index (χ1n) is 4.06. The highest BCUT2D eigenvalue weighted by Gasteiger charge is 1.89. The minimum Gasteiger partial charge on any atom is -0.477 e. The van der Waals surface area contributed by atoms with Crippen LogP contribution in [0, 0.1) is 0 Å². The second-order valence-electron chi connectivity index (χ2n) is 2.61. The van der Waals surface area contributed by atoms with Gasteiger partial charge in [0.1, 0.15) is 6.21 Å². The lowest BCUT2D eigenvalue weighted by Crippen LogP contribution is -1.97. The van der Waals surface area contributed by atoms with Crippen molar-refractivity contribution in [1.29, 1.82) is 0 Å². The Hall–Kier alpha value is -1.64. The summed E-state index contributed by atoms with van der Waals surface area (Å²) in [5.74, 6) is -0.993. The van der Waals surface area contributed by atoms with Crippen LogP contribution in [-0.4, -0.2) is 23.8 Å². The second-order valence-corrected chi connectivity index (χ2v) is 2.61. The molecule has 13 heavy (non-hydrogen) atoms. The largest absolute Gasteiger partial charge is 0.477 e. The Morgan fingerprint density at radius 1 is 1.38 bits per heavy atom. The van der Waals surface area contributed by atoms with E-state index in [0.717, 1.165) is 12.6 Å². The lowest BCUT2D eigenvalue weighted by molar-refractivity contribution is -0.128. The van der Waals surface area contributed by atoms with Crippen LogP contribution in [0.15, 0.2) is 35.3 Å². The van der Waals surface area contributed by atoms with Gasteiger partial charge in [0, 0.05) is 6.54 Å². The van der Waals surface area contributed by atoms with Gasteiger partial charge in [0.25, 0.3) is 0 Å². The van der Waals surface area contributed by atoms with Crippen molar-refractivity contribution in [2.24, 2.45) is 4.99 Å². The fourth-order valence-electron chi connectivity index (χ4n) is 0.981. The van der Waals surface area contributed by atoms with Crippen molar-refractivity contribution in [2.75, 3.05) is 6.54 Å². The minimum absolute atomic E-state index is 0.524. The van der Waals surface area contributed by atoms with Crippen LogP contribution in [-0.2, 0) is 11.2 Å². The molecule has 0 unspecified atom stereocenters. The van der Waals surface area contributed by atoms with Gasteiger partial charge in [-0.25, -0.2) is 4.79 Å². The molecule has 0 bridgehead atoms. The van der Waals surface area contributed by atoms with Crippen molar-refractivity contribution in [3.05, 3.63) is 35.9 Å². The second kappa shape index (κ2) is 5.09. The van der Waals surface area contributed by atoms with Crippen molar-refractivity contribution in [3.63, 3.8) is 0 Å². The average Bonchev–Trinajstić information content (AvgIpc) is 2.14. The van der Waals surface area contributed by atoms with E-state index in [1.165, 1.54) is 5.56 Å². The summed E-state index contributed by atoms with van der Waals surface area (Å²) >= 11 is 0. The maximum atomic E-state index is 10.1. The van der Waals surface area contributed by atoms with Crippen molar-refractivity contribution >= 4 is 12.2 Å². The molecule has 0 saturated carbocycles. The zero-order valence-electron chi connectivity index (χ0n) is 7.18. The number of aliphatic carboxylic acids is 1. The van der Waals surface area contributed by atoms with Crippen LogP contribution in [0.2, 0.25) is 0 Å². The SMILES string of the molecule is O=C(O)C=NCCc1ccccc1. The molecule has 0 aliphatic rings. The van der Waals surface area contributed by atoms with Crippen molar-refractivity contribution < 1.29 is 9.90 Å². The molecule has 0 aliphatic carbocycles. The summed E-state index contributed by atoms with van der Waals surface area (Å²) in [4.78, 5) is 13.8. The van der Waals surface area contributed by atoms with E-state index in [9.17, 15) is 4.79 Å². The van der Waals surface area contributed by atoms with Gasteiger partial charge >= 0.3 is 5.97 Å². The van der Waals surface area contributed by atoms with Gasteiger partial charge < -0.3 is 5.11 Å². The summed E-state index contributed by atoms with van der Waals surface area (Å²) in [5, 5.41) is 8.26. The van der Waals surface area contributed by atoms with Gasteiger partial charge in [-0.1, -0.05) is 30.3 Å². The maximum absolute atomic E-state index is 10.1. The van der Waals surface area contributed by atoms with Crippen LogP contribution < -0.4 is 0 Å². The molecule has 0 aliphatic heterocycles. The topological polar surface area (TPSA) is 49.7 Å². The normalized spacial score (nSPS) is 10.5. The van der Waals surface area contributed by atoms with Crippen LogP contribution in [0.25, 0.3) is 0 Å². The van der Waals surface area contributed by atoms with Crippen LogP contribution in [0.1, 0.15) is 5.56 Å². The number of hydrogen-bond donors (Lipinski definition) is 1. The predicted octanol–water partition coefficient (Wildman–Crippen LogP) is 1.38. The number of benzene rings is 1. The van der Waals surface area contributed by atoms with E-state index in [1.54, 1.807) is 0 Å². The van der Waals surface area contributed by atoms with Crippen LogP contribution in [0.4, 0.5) is 0 Å². The molecule has 0 heterocycles. The Morgan fingerprint density at radius 2 is 2.08 bits per heavy atom. The fraction of sp³-hybridized carbons (Fsp3) is 0.200. The molecule has 68 valence electrons. The first kappa shape index (κ1) is 9.45. The van der Waals surface area contributed by atoms with E-state index in [0.29, 0.717) is 6.54 Å². The molecular weight excluding hydrogens is 166 g/mol. The van der Waals surface area contributed by atoms with E-state index >= 15 is 0 Å². The van der Waals surface area contributed by atoms with Gasteiger partial charge in [-0.3, -0.25) is 4.99 Å². The Morgan fingerprint density at radius 3 is 2.69 bits per heavy atom. The molecule has 0 radical (unpaired) electrons. The number of hydrogen-bond acceptors (Lipinski definition) is 2. The Bertz CT molecular complexity index is 293. The van der Waals surface area contributed by atoms with Crippen molar-refractivity contribution in [1.82, 2.24) is 0 Å². The molecule has 1 N–H and O–H groups in total. The summed E-state index contributed by atoms with van der Waals surface area (Å²) in [6.07, 6.45) is 1.72. The van der Waals surface area contributed by atoms with Crippen molar-refractivity contribution in [3.8, 4) is 0 Å². The Kier molecular flexibility index (Phi) is 3.70. The van der Waals surface area contributed by atoms with Gasteiger partial charge in [-0.05, 0) is 12.0 Å². The molecule has 0 fully saturated rings. The minimum atomic E-state index is -0.993. The summed E-state index contributed by atoms with van der Waals surface area (Å²) in [7, 11) is 0. The third-order valence-corrected chi connectivity index (χ3v) is 1.57. The van der Waals surface area contributed by atoms with Gasteiger partial charge in [0.2, 0.25) is 0 Å². The third kappa shape index (κ3) is 4.06. The third-order valence-electron chi connectivity index (χ3n) is 1.57. The van der Waals surface area contributed by atoms with Crippen LogP contribution in [0.5, 0.6) is 0 Å². The van der Waals surface area contributed by atoms with E-state index in [1.807, 2.05) is 30.3 Å². The molecule has 0 saturated heterocycles. The number of carboxylic acids is 1. The number of carboxylic acid groups (broad SMARTS) is 1. The zero-order chi connectivity index (χ0) is 9.52. The highest BCUT2D eigenvalue weighted by molar-refractivity contribution is 6.21. The molecule has 0 atom stereocenters. The average molecular weight is 177 g/mol. The van der Waals surface area contributed by atoms with E-state index in [-0.39, 0.29) is 0 Å². The van der Waals surface area contributed by atoms with Gasteiger partial charge in [-0.15, -0.1) is 0 Å². The summed E-state index contributed by atoms with van der Waals surface area (Å²) in [5.41, 5.74) is 1.17. The monoisotopic (exact) mass is 177 g/mol. The number of carbonyl (C=O) groups is 1. The molecule has 0 amide bonds. The molecule has 3 nitrogen and oxygen atoms in total. The molecule has 1 aromatic carbocycles. The standard InChI is InChI=1S/C10H11NO2/c12-10(13)8-11-7-6-9-4-2-1-3-5-9/h1-5,8H,6-7H2,(H,12,13). The summed E-state index contributed by atoms with van der Waals surface area (Å²) in [6, 6.07) is 9.85. The predicted molar refractivity (Wildman–Crippen MR) is 51.1 cm³/mol. The molecule has 1 aromatic rings. The molecule has 1 rings (SSSR count). The quantitative estimate of drug-likeness (QED) is 0.706. The fourth-order valence-corrected chi connectivity index (χ4v) is 0.981. The zero-order valence-corrected chi connectivity index (χ0v) is 7.18. The molecule has 3 heteroatoms. The smallest absolute Gasteiger partial charge is 0.346 e. The number of rotatable bonds is 4. The molecule has 0 spiro atoms. The highest BCUT2D eigenvalue weighted by Crippen LogP contribution is 1.98. The molecule has 0 aromatic heterocycles. The lowest BCUT2D eigenvalue weighted by Gasteiger charge is -1.95. The highest BCUT2D eigenvalue weighted by atomic mass is 16.4. The lowest BCUT2D eigenvalue weighted by atomic mass is 10.2. The first-order chi connectivity index (χ1) is 6.29. The van der Waals surface area contributed by atoms with Gasteiger partial charge in [-0.2, -0.15) is 0 Å². The number of aliphatic imine (C=N–C) groups is 1. The first-order valence-corrected chi connectivity index (χ1v) is 4.06. The molecular formula is C10H11NO2. The summed E-state index contributed by atoms with van der Waals surface area (Å²) in [6.45, 7) is 0.524. The van der Waals surface area contributed by atoms with Gasteiger partial charge in [0.05, 0.1) is 0 Å². The van der Waals surface area contributed by atoms with Crippen LogP contribution >= 0.6 is 0 Å². The number of nitrogens with zero attached hydrogens (tertiary/aromatic N) is 1. The Labute approximate surface area is 76.7 Å². The Balaban J connectivity index is 2.32. The summed E-state index contributed by atoms with van der Waals surface area (Å²) < 4.78 is 0. The van der Waals surface area contributed by atoms with E-state index < -0.39 is 5.97 Å². The van der Waals surface area contributed by atoms with Gasteiger partial charge in [0.15, 0.2) is 0 Å². The van der Waals surface area contributed by atoms with Crippen LogP contribution in [0.3, 0.4) is 0 Å². The van der Waals surface area contributed by atoms with E-state index in [4.69, 9.17) is 5.11 Å². The maximum Gasteiger partial charge on any atom is 0.346 e. The van der Waals surface area contributed by atoms with E-state index in [2.05, 4.69) is 4.99 Å².